The van der Waals surface area contributed by atoms with E-state index in [1.165, 1.54) is 18.4 Å². The summed E-state index contributed by atoms with van der Waals surface area (Å²) in [6, 6.07) is 1.96. The van der Waals surface area contributed by atoms with Gasteiger partial charge < -0.3 is 9.84 Å². The molecule has 1 aromatic rings. The molecule has 0 bridgehead atoms. The molecule has 0 unspecified atom stereocenters. The highest BCUT2D eigenvalue weighted by molar-refractivity contribution is 5.48. The molecule has 1 N–H and O–H groups in total. The average Bonchev–Trinajstić information content (AvgIpc) is 2.53. The zero-order valence-electron chi connectivity index (χ0n) is 7.84. The van der Waals surface area contributed by atoms with E-state index >= 15 is 0 Å². The number of hydrogen-bond acceptors (Lipinski definition) is 3. The molecule has 70 valence electrons. The van der Waals surface area contributed by atoms with Crippen molar-refractivity contribution in [1.82, 2.24) is 10.5 Å². The van der Waals surface area contributed by atoms with Gasteiger partial charge in [-0.05, 0) is 32.4 Å². The minimum absolute atomic E-state index is 0.871. The maximum Gasteiger partial charge on any atom is 0.159 e. The summed E-state index contributed by atoms with van der Waals surface area (Å²) in [5.74, 6) is 0.871. The van der Waals surface area contributed by atoms with Gasteiger partial charge in [0, 0.05) is 12.6 Å². The summed E-state index contributed by atoms with van der Waals surface area (Å²) in [4.78, 5) is 0. The maximum atomic E-state index is 5.11. The van der Waals surface area contributed by atoms with E-state index in [-0.39, 0.29) is 0 Å². The number of piperidine rings is 1. The summed E-state index contributed by atoms with van der Waals surface area (Å²) < 4.78 is 5.11. The third kappa shape index (κ3) is 2.18. The van der Waals surface area contributed by atoms with Gasteiger partial charge in [-0.15, -0.1) is 0 Å². The van der Waals surface area contributed by atoms with Crippen molar-refractivity contribution >= 4 is 6.08 Å². The number of aryl methyl sites for hydroxylation is 1. The Morgan fingerprint density at radius 3 is 3.15 bits per heavy atom. The fraction of sp³-hybridized carbons (Fsp3) is 0.500. The fourth-order valence-electron chi connectivity index (χ4n) is 1.55. The number of nitrogens with zero attached hydrogens (tertiary/aromatic N) is 1. The van der Waals surface area contributed by atoms with Crippen LogP contribution in [-0.4, -0.2) is 18.2 Å². The summed E-state index contributed by atoms with van der Waals surface area (Å²) >= 11 is 0. The van der Waals surface area contributed by atoms with Crippen LogP contribution in [0.3, 0.4) is 0 Å². The lowest BCUT2D eigenvalue weighted by Gasteiger charge is -2.14. The second-order valence-electron chi connectivity index (χ2n) is 3.45. The molecule has 3 heteroatoms. The zero-order valence-corrected chi connectivity index (χ0v) is 7.84. The molecule has 2 rings (SSSR count). The molecule has 13 heavy (non-hydrogen) atoms. The van der Waals surface area contributed by atoms with Crippen LogP contribution >= 0.6 is 0 Å². The van der Waals surface area contributed by atoms with Crippen molar-refractivity contribution in [2.45, 2.75) is 19.8 Å². The van der Waals surface area contributed by atoms with Gasteiger partial charge in [-0.2, -0.15) is 0 Å². The van der Waals surface area contributed by atoms with Gasteiger partial charge in [0.2, 0.25) is 0 Å². The van der Waals surface area contributed by atoms with Crippen LogP contribution in [0.5, 0.6) is 0 Å². The molecular formula is C10H14N2O. The van der Waals surface area contributed by atoms with E-state index < -0.39 is 0 Å². The van der Waals surface area contributed by atoms with E-state index in [1.54, 1.807) is 0 Å². The summed E-state index contributed by atoms with van der Waals surface area (Å²) in [6.07, 6.45) is 4.48. The van der Waals surface area contributed by atoms with Gasteiger partial charge in [0.25, 0.3) is 0 Å². The Hall–Kier alpha value is -1.09. The van der Waals surface area contributed by atoms with Gasteiger partial charge in [0.1, 0.15) is 0 Å². The van der Waals surface area contributed by atoms with E-state index in [9.17, 15) is 0 Å². The third-order valence-electron chi connectivity index (χ3n) is 2.20. The molecule has 0 aliphatic carbocycles. The van der Waals surface area contributed by atoms with Gasteiger partial charge in [0.05, 0.1) is 5.69 Å². The summed E-state index contributed by atoms with van der Waals surface area (Å²) in [5.41, 5.74) is 2.35. The third-order valence-corrected chi connectivity index (χ3v) is 2.20. The molecule has 3 nitrogen and oxygen atoms in total. The quantitative estimate of drug-likeness (QED) is 0.712. The van der Waals surface area contributed by atoms with Crippen LogP contribution in [0.1, 0.15) is 24.3 Å². The predicted molar refractivity (Wildman–Crippen MR) is 51.3 cm³/mol. The van der Waals surface area contributed by atoms with E-state index in [0.717, 1.165) is 24.5 Å². The lowest BCUT2D eigenvalue weighted by atomic mass is 10.1. The first kappa shape index (κ1) is 8.51. The van der Waals surface area contributed by atoms with Crippen LogP contribution in [-0.2, 0) is 0 Å². The van der Waals surface area contributed by atoms with Crippen molar-refractivity contribution in [3.63, 3.8) is 0 Å². The molecule has 0 saturated carbocycles. The largest absolute Gasteiger partial charge is 0.357 e. The zero-order chi connectivity index (χ0) is 9.10. The van der Waals surface area contributed by atoms with Crippen molar-refractivity contribution in [2.24, 2.45) is 0 Å². The average molecular weight is 178 g/mol. The number of aromatic nitrogens is 1. The Morgan fingerprint density at radius 1 is 1.62 bits per heavy atom. The first-order chi connectivity index (χ1) is 6.34. The highest BCUT2D eigenvalue weighted by atomic mass is 16.5. The van der Waals surface area contributed by atoms with Crippen LogP contribution in [0, 0.1) is 6.92 Å². The predicted octanol–water partition coefficient (Wildman–Crippen LogP) is 1.75. The lowest BCUT2D eigenvalue weighted by Crippen LogP contribution is -2.23. The SMILES string of the molecule is Cc1cc(/C=C2\CCCNC2)on1. The molecule has 1 saturated heterocycles. The summed E-state index contributed by atoms with van der Waals surface area (Å²) in [7, 11) is 0. The van der Waals surface area contributed by atoms with Crippen molar-refractivity contribution < 1.29 is 4.52 Å². The standard InChI is InChI=1S/C10H14N2O/c1-8-5-10(13-12-8)6-9-3-2-4-11-7-9/h5-6,11H,2-4,7H2,1H3/b9-6+. The Labute approximate surface area is 77.8 Å². The van der Waals surface area contributed by atoms with E-state index in [2.05, 4.69) is 16.5 Å². The van der Waals surface area contributed by atoms with Crippen LogP contribution < -0.4 is 5.32 Å². The minimum atomic E-state index is 0.871. The van der Waals surface area contributed by atoms with Crippen LogP contribution in [0.25, 0.3) is 6.08 Å². The minimum Gasteiger partial charge on any atom is -0.357 e. The molecule has 1 aliphatic rings. The second-order valence-corrected chi connectivity index (χ2v) is 3.45. The van der Waals surface area contributed by atoms with Gasteiger partial charge in [0.15, 0.2) is 5.76 Å². The molecule has 0 spiro atoms. The van der Waals surface area contributed by atoms with Crippen molar-refractivity contribution in [3.05, 3.63) is 23.1 Å². The topological polar surface area (TPSA) is 38.1 Å². The molecule has 1 fully saturated rings. The number of rotatable bonds is 1. The summed E-state index contributed by atoms with van der Waals surface area (Å²) in [6.45, 7) is 4.05. The van der Waals surface area contributed by atoms with Gasteiger partial charge in [-0.1, -0.05) is 10.7 Å². The van der Waals surface area contributed by atoms with Crippen molar-refractivity contribution in [1.29, 1.82) is 0 Å². The Bertz CT molecular complexity index is 306. The van der Waals surface area contributed by atoms with Gasteiger partial charge >= 0.3 is 0 Å². The smallest absolute Gasteiger partial charge is 0.159 e. The van der Waals surface area contributed by atoms with Crippen LogP contribution in [0.15, 0.2) is 16.2 Å². The Balaban J connectivity index is 2.09. The Kier molecular flexibility index (Phi) is 2.45. The van der Waals surface area contributed by atoms with Crippen LogP contribution in [0.2, 0.25) is 0 Å². The second kappa shape index (κ2) is 3.75. The van der Waals surface area contributed by atoms with Gasteiger partial charge in [-0.25, -0.2) is 0 Å². The summed E-state index contributed by atoms with van der Waals surface area (Å²) in [5, 5.41) is 7.17. The van der Waals surface area contributed by atoms with Crippen molar-refractivity contribution in [2.75, 3.05) is 13.1 Å². The molecular weight excluding hydrogens is 164 g/mol. The lowest BCUT2D eigenvalue weighted by molar-refractivity contribution is 0.407. The maximum absolute atomic E-state index is 5.11. The van der Waals surface area contributed by atoms with Gasteiger partial charge in [-0.3, -0.25) is 0 Å². The highest BCUT2D eigenvalue weighted by Crippen LogP contribution is 2.14. The van der Waals surface area contributed by atoms with E-state index in [1.807, 2.05) is 13.0 Å². The van der Waals surface area contributed by atoms with E-state index in [4.69, 9.17) is 4.52 Å². The number of hydrogen-bond donors (Lipinski definition) is 1. The van der Waals surface area contributed by atoms with Crippen molar-refractivity contribution in [3.8, 4) is 0 Å². The molecule has 0 amide bonds. The normalized spacial score (nSPS) is 20.8. The van der Waals surface area contributed by atoms with E-state index in [0.29, 0.717) is 0 Å². The Morgan fingerprint density at radius 2 is 2.54 bits per heavy atom. The molecule has 2 heterocycles. The number of nitrogens with one attached hydrogen (secondary N) is 1. The first-order valence-corrected chi connectivity index (χ1v) is 4.68. The highest BCUT2D eigenvalue weighted by Gasteiger charge is 2.05. The molecule has 0 aromatic carbocycles. The van der Waals surface area contributed by atoms with Crippen LogP contribution in [0.4, 0.5) is 0 Å². The fourth-order valence-corrected chi connectivity index (χ4v) is 1.55. The first-order valence-electron chi connectivity index (χ1n) is 4.68. The molecule has 1 aliphatic heterocycles. The molecule has 0 atom stereocenters. The molecule has 0 radical (unpaired) electrons. The monoisotopic (exact) mass is 178 g/mol. The molecule has 1 aromatic heterocycles.